The van der Waals surface area contributed by atoms with E-state index in [0.717, 1.165) is 32.6 Å². The van der Waals surface area contributed by atoms with Crippen molar-refractivity contribution in [3.05, 3.63) is 5.56 Å². The van der Waals surface area contributed by atoms with Gasteiger partial charge in [0.2, 0.25) is 0 Å². The van der Waals surface area contributed by atoms with Crippen LogP contribution in [0.15, 0.2) is 0 Å². The minimum Gasteiger partial charge on any atom is -0.465 e. The zero-order valence-electron chi connectivity index (χ0n) is 10.3. The summed E-state index contributed by atoms with van der Waals surface area (Å²) >= 11 is 1.18. The van der Waals surface area contributed by atoms with Gasteiger partial charge in [-0.05, 0) is 30.3 Å². The zero-order valence-corrected chi connectivity index (χ0v) is 11.1. The molecule has 0 radical (unpaired) electrons. The predicted octanol–water partition coefficient (Wildman–Crippen LogP) is 1.35. The molecule has 6 nitrogen and oxygen atoms in total. The molecule has 7 heteroatoms. The van der Waals surface area contributed by atoms with Crippen LogP contribution in [0.3, 0.4) is 0 Å². The smallest absolute Gasteiger partial charge is 0.344 e. The van der Waals surface area contributed by atoms with Crippen LogP contribution >= 0.6 is 11.5 Å². The van der Waals surface area contributed by atoms with Crippen molar-refractivity contribution in [1.29, 1.82) is 0 Å². The number of methoxy groups -OCH3 is 1. The summed E-state index contributed by atoms with van der Waals surface area (Å²) in [5.41, 5.74) is 5.99. The number of nitrogens with two attached hydrogens (primary N) is 1. The van der Waals surface area contributed by atoms with E-state index in [0.29, 0.717) is 16.5 Å². The summed E-state index contributed by atoms with van der Waals surface area (Å²) in [5.74, 6) is 0.227. The van der Waals surface area contributed by atoms with Crippen molar-refractivity contribution in [2.75, 3.05) is 37.9 Å². The second kappa shape index (κ2) is 6.01. The Kier molecular flexibility index (Phi) is 4.38. The molecule has 1 aromatic heterocycles. The van der Waals surface area contributed by atoms with Crippen LogP contribution in [0, 0.1) is 5.92 Å². The number of nitrogens with one attached hydrogen (secondary N) is 1. The van der Waals surface area contributed by atoms with Crippen LogP contribution in [0.1, 0.15) is 23.2 Å². The van der Waals surface area contributed by atoms with Crippen LogP contribution in [0.25, 0.3) is 0 Å². The van der Waals surface area contributed by atoms with E-state index in [-0.39, 0.29) is 5.82 Å². The van der Waals surface area contributed by atoms with Crippen molar-refractivity contribution in [1.82, 2.24) is 4.37 Å². The lowest BCUT2D eigenvalue weighted by molar-refractivity contribution is 0.0593. The number of rotatable bonds is 4. The zero-order chi connectivity index (χ0) is 13.0. The molecule has 0 spiro atoms. The molecule has 0 bridgehead atoms. The van der Waals surface area contributed by atoms with Gasteiger partial charge in [-0.1, -0.05) is 0 Å². The van der Waals surface area contributed by atoms with Gasteiger partial charge in [-0.3, -0.25) is 0 Å². The van der Waals surface area contributed by atoms with Gasteiger partial charge in [0.15, 0.2) is 5.82 Å². The van der Waals surface area contributed by atoms with E-state index in [2.05, 4.69) is 9.69 Å². The van der Waals surface area contributed by atoms with Crippen LogP contribution in [0.4, 0.5) is 10.8 Å². The van der Waals surface area contributed by atoms with E-state index in [1.165, 1.54) is 18.6 Å². The number of hydrogen-bond acceptors (Lipinski definition) is 7. The number of nitrogen functional groups attached to an aromatic ring is 1. The van der Waals surface area contributed by atoms with Crippen LogP contribution in [0.2, 0.25) is 0 Å². The van der Waals surface area contributed by atoms with E-state index < -0.39 is 5.97 Å². The third-order valence-electron chi connectivity index (χ3n) is 2.91. The first kappa shape index (κ1) is 13.1. The molecule has 1 fully saturated rings. The van der Waals surface area contributed by atoms with Crippen molar-refractivity contribution >= 4 is 28.3 Å². The van der Waals surface area contributed by atoms with Crippen LogP contribution in [-0.2, 0) is 9.47 Å². The minimum atomic E-state index is -0.455. The Morgan fingerprint density at radius 1 is 1.72 bits per heavy atom. The number of anilines is 2. The molecule has 1 atom stereocenters. The summed E-state index contributed by atoms with van der Waals surface area (Å²) in [4.78, 5) is 11.6. The molecule has 2 rings (SSSR count). The third kappa shape index (κ3) is 2.91. The third-order valence-corrected chi connectivity index (χ3v) is 3.73. The molecule has 1 saturated heterocycles. The highest BCUT2D eigenvalue weighted by molar-refractivity contribution is 7.11. The molecular weight excluding hydrogens is 254 g/mol. The van der Waals surface area contributed by atoms with Crippen LogP contribution in [-0.4, -0.2) is 37.2 Å². The predicted molar refractivity (Wildman–Crippen MR) is 69.9 cm³/mol. The Morgan fingerprint density at radius 2 is 2.56 bits per heavy atom. The van der Waals surface area contributed by atoms with E-state index in [1.807, 2.05) is 0 Å². The maximum atomic E-state index is 11.6. The SMILES string of the molecule is COC(=O)c1c(N)nsc1NCC1CCCOC1. The summed E-state index contributed by atoms with van der Waals surface area (Å²) in [5, 5.41) is 3.89. The van der Waals surface area contributed by atoms with Gasteiger partial charge in [-0.2, -0.15) is 4.37 Å². The first-order chi connectivity index (χ1) is 8.72. The van der Waals surface area contributed by atoms with Gasteiger partial charge in [0.05, 0.1) is 13.7 Å². The number of hydrogen-bond donors (Lipinski definition) is 2. The topological polar surface area (TPSA) is 86.5 Å². The van der Waals surface area contributed by atoms with E-state index in [4.69, 9.17) is 15.2 Å². The number of esters is 1. The summed E-state index contributed by atoms with van der Waals surface area (Å²) in [6.45, 7) is 2.36. The molecule has 2 heterocycles. The molecule has 1 aliphatic rings. The molecule has 1 aromatic rings. The van der Waals surface area contributed by atoms with Crippen molar-refractivity contribution < 1.29 is 14.3 Å². The fraction of sp³-hybridized carbons (Fsp3) is 0.636. The molecule has 1 aliphatic heterocycles. The van der Waals surface area contributed by atoms with E-state index in [1.54, 1.807) is 0 Å². The Hall–Kier alpha value is -1.34. The highest BCUT2D eigenvalue weighted by Gasteiger charge is 2.21. The average Bonchev–Trinajstić information content (AvgIpc) is 2.78. The number of ether oxygens (including phenoxy) is 2. The maximum absolute atomic E-state index is 11.6. The largest absolute Gasteiger partial charge is 0.465 e. The first-order valence-electron chi connectivity index (χ1n) is 5.87. The summed E-state index contributed by atoms with van der Waals surface area (Å²) in [6.07, 6.45) is 2.22. The van der Waals surface area contributed by atoms with Gasteiger partial charge in [-0.15, -0.1) is 0 Å². The molecule has 3 N–H and O–H groups in total. The molecular formula is C11H17N3O3S. The monoisotopic (exact) mass is 271 g/mol. The Morgan fingerprint density at radius 3 is 3.22 bits per heavy atom. The van der Waals surface area contributed by atoms with Crippen molar-refractivity contribution in [3.63, 3.8) is 0 Å². The number of carbonyl (C=O) groups excluding carboxylic acids is 1. The second-order valence-corrected chi connectivity index (χ2v) is 5.00. The summed E-state index contributed by atoms with van der Waals surface area (Å²) < 4.78 is 14.1. The molecule has 0 saturated carbocycles. The average molecular weight is 271 g/mol. The molecule has 1 unspecified atom stereocenters. The number of aromatic nitrogens is 1. The lowest BCUT2D eigenvalue weighted by Crippen LogP contribution is -2.24. The fourth-order valence-electron chi connectivity index (χ4n) is 1.93. The van der Waals surface area contributed by atoms with E-state index in [9.17, 15) is 4.79 Å². The van der Waals surface area contributed by atoms with Gasteiger partial charge in [-0.25, -0.2) is 4.79 Å². The minimum absolute atomic E-state index is 0.217. The molecule has 0 amide bonds. The van der Waals surface area contributed by atoms with Gasteiger partial charge in [0, 0.05) is 13.2 Å². The van der Waals surface area contributed by atoms with Crippen molar-refractivity contribution in [3.8, 4) is 0 Å². The second-order valence-electron chi connectivity index (χ2n) is 4.23. The Labute approximate surface area is 110 Å². The lowest BCUT2D eigenvalue weighted by atomic mass is 10.0. The van der Waals surface area contributed by atoms with Crippen LogP contribution < -0.4 is 11.1 Å². The fourth-order valence-corrected chi connectivity index (χ4v) is 2.64. The Balaban J connectivity index is 1.98. The summed E-state index contributed by atoms with van der Waals surface area (Å²) in [7, 11) is 1.33. The lowest BCUT2D eigenvalue weighted by Gasteiger charge is -2.22. The van der Waals surface area contributed by atoms with Crippen LogP contribution in [0.5, 0.6) is 0 Å². The maximum Gasteiger partial charge on any atom is 0.344 e. The molecule has 0 aliphatic carbocycles. The Bertz CT molecular complexity index is 416. The molecule has 18 heavy (non-hydrogen) atoms. The van der Waals surface area contributed by atoms with Crippen molar-refractivity contribution in [2.24, 2.45) is 5.92 Å². The van der Waals surface area contributed by atoms with Gasteiger partial charge in [0.1, 0.15) is 10.6 Å². The van der Waals surface area contributed by atoms with E-state index >= 15 is 0 Å². The molecule has 0 aromatic carbocycles. The van der Waals surface area contributed by atoms with Gasteiger partial charge >= 0.3 is 5.97 Å². The first-order valence-corrected chi connectivity index (χ1v) is 6.64. The highest BCUT2D eigenvalue weighted by Crippen LogP contribution is 2.28. The standard InChI is InChI=1S/C11H17N3O3S/c1-16-11(15)8-9(12)14-18-10(8)13-5-7-3-2-4-17-6-7/h7,13H,2-6H2,1H3,(H2,12,14). The number of nitrogens with zero attached hydrogens (tertiary/aromatic N) is 1. The number of carbonyl (C=O) groups is 1. The quantitative estimate of drug-likeness (QED) is 0.804. The molecule has 100 valence electrons. The van der Waals surface area contributed by atoms with Crippen molar-refractivity contribution in [2.45, 2.75) is 12.8 Å². The van der Waals surface area contributed by atoms with Gasteiger partial charge < -0.3 is 20.5 Å². The summed E-state index contributed by atoms with van der Waals surface area (Å²) in [6, 6.07) is 0. The normalized spacial score (nSPS) is 19.5. The van der Waals surface area contributed by atoms with Gasteiger partial charge in [0.25, 0.3) is 0 Å². The highest BCUT2D eigenvalue weighted by atomic mass is 32.1.